The van der Waals surface area contributed by atoms with Crippen LogP contribution in [0.2, 0.25) is 0 Å². The molecule has 1 aromatic heterocycles. The van der Waals surface area contributed by atoms with Gasteiger partial charge in [0.25, 0.3) is 0 Å². The van der Waals surface area contributed by atoms with Gasteiger partial charge in [0.05, 0.1) is 10.7 Å². The lowest BCUT2D eigenvalue weighted by molar-refractivity contribution is 0.579. The van der Waals surface area contributed by atoms with E-state index in [-0.39, 0.29) is 11.9 Å². The van der Waals surface area contributed by atoms with Gasteiger partial charge in [-0.25, -0.2) is 9.37 Å². The van der Waals surface area contributed by atoms with Crippen molar-refractivity contribution in [1.82, 2.24) is 4.98 Å². The predicted octanol–water partition coefficient (Wildman–Crippen LogP) is 3.90. The Bertz CT molecular complexity index is 549. The molecule has 2 nitrogen and oxygen atoms in total. The largest absolute Gasteiger partial charge is 0.324 e. The highest BCUT2D eigenvalue weighted by Gasteiger charge is 2.14. The number of rotatable bonds is 3. The Hall–Kier alpha value is -0.780. The van der Waals surface area contributed by atoms with Crippen LogP contribution in [0.5, 0.6) is 0 Å². The molecule has 1 aromatic carbocycles. The number of aryl methyl sites for hydroxylation is 2. The van der Waals surface area contributed by atoms with Crippen molar-refractivity contribution in [1.29, 1.82) is 0 Å². The van der Waals surface area contributed by atoms with Gasteiger partial charge in [-0.3, -0.25) is 0 Å². The van der Waals surface area contributed by atoms with E-state index in [2.05, 4.69) is 20.9 Å². The molecule has 96 valence electrons. The van der Waals surface area contributed by atoms with Crippen LogP contribution in [-0.4, -0.2) is 4.98 Å². The Kier molecular flexibility index (Phi) is 4.14. The zero-order valence-electron chi connectivity index (χ0n) is 10.2. The third-order valence-corrected chi connectivity index (χ3v) is 4.42. The zero-order chi connectivity index (χ0) is 13.3. The summed E-state index contributed by atoms with van der Waals surface area (Å²) in [6, 6.07) is 4.60. The lowest BCUT2D eigenvalue weighted by atomic mass is 10.0. The minimum absolute atomic E-state index is 0.276. The monoisotopic (exact) mass is 328 g/mol. The van der Waals surface area contributed by atoms with Crippen LogP contribution in [0.15, 0.2) is 22.7 Å². The summed E-state index contributed by atoms with van der Waals surface area (Å²) >= 11 is 4.86. The van der Waals surface area contributed by atoms with Crippen molar-refractivity contribution in [2.24, 2.45) is 5.73 Å². The fraction of sp³-hybridized carbons (Fsp3) is 0.308. The van der Waals surface area contributed by atoms with E-state index in [0.717, 1.165) is 15.2 Å². The lowest BCUT2D eigenvalue weighted by Gasteiger charge is -2.11. The topological polar surface area (TPSA) is 38.9 Å². The van der Waals surface area contributed by atoms with Gasteiger partial charge in [-0.05, 0) is 26.0 Å². The minimum atomic E-state index is -0.358. The number of nitrogens with zero attached hydrogens (tertiary/aromatic N) is 1. The quantitative estimate of drug-likeness (QED) is 0.927. The van der Waals surface area contributed by atoms with Crippen LogP contribution in [0.1, 0.15) is 27.2 Å². The maximum Gasteiger partial charge on any atom is 0.129 e. The highest BCUT2D eigenvalue weighted by Crippen LogP contribution is 2.25. The Morgan fingerprint density at radius 3 is 2.72 bits per heavy atom. The van der Waals surface area contributed by atoms with Crippen LogP contribution < -0.4 is 5.73 Å². The number of thiazole rings is 1. The summed E-state index contributed by atoms with van der Waals surface area (Å²) in [5.74, 6) is -0.276. The third-order valence-electron chi connectivity index (χ3n) is 2.83. The van der Waals surface area contributed by atoms with E-state index in [1.54, 1.807) is 23.5 Å². The zero-order valence-corrected chi connectivity index (χ0v) is 12.6. The van der Waals surface area contributed by atoms with E-state index in [1.165, 1.54) is 10.9 Å². The molecule has 1 unspecified atom stereocenters. The number of hydrogen-bond donors (Lipinski definition) is 1. The van der Waals surface area contributed by atoms with Gasteiger partial charge in [-0.15, -0.1) is 11.3 Å². The van der Waals surface area contributed by atoms with E-state index in [0.29, 0.717) is 12.0 Å². The van der Waals surface area contributed by atoms with E-state index in [4.69, 9.17) is 5.73 Å². The van der Waals surface area contributed by atoms with E-state index in [1.807, 2.05) is 13.8 Å². The van der Waals surface area contributed by atoms with Crippen molar-refractivity contribution >= 4 is 27.3 Å². The molecule has 1 atom stereocenters. The smallest absolute Gasteiger partial charge is 0.129 e. The first-order valence-corrected chi connectivity index (χ1v) is 7.21. The fourth-order valence-electron chi connectivity index (χ4n) is 1.73. The average molecular weight is 329 g/mol. The van der Waals surface area contributed by atoms with Crippen LogP contribution in [0.3, 0.4) is 0 Å². The number of aromatic nitrogens is 1. The van der Waals surface area contributed by atoms with Crippen molar-refractivity contribution in [2.75, 3.05) is 0 Å². The molecular weight excluding hydrogens is 315 g/mol. The first-order valence-electron chi connectivity index (χ1n) is 5.61. The summed E-state index contributed by atoms with van der Waals surface area (Å²) in [6.07, 6.45) is 0.567. The van der Waals surface area contributed by atoms with Crippen LogP contribution in [-0.2, 0) is 6.42 Å². The fourth-order valence-corrected chi connectivity index (χ4v) is 3.05. The summed E-state index contributed by atoms with van der Waals surface area (Å²) in [5.41, 5.74) is 7.61. The average Bonchev–Trinajstić information content (AvgIpc) is 2.57. The molecule has 0 aliphatic heterocycles. The molecule has 0 saturated carbocycles. The lowest BCUT2D eigenvalue weighted by Crippen LogP contribution is -2.14. The second-order valence-corrected chi connectivity index (χ2v) is 6.43. The first kappa shape index (κ1) is 13.6. The highest BCUT2D eigenvalue weighted by molar-refractivity contribution is 9.10. The molecule has 2 N–H and O–H groups in total. The molecule has 5 heteroatoms. The number of halogens is 2. The van der Waals surface area contributed by atoms with Crippen molar-refractivity contribution < 1.29 is 4.39 Å². The summed E-state index contributed by atoms with van der Waals surface area (Å²) < 4.78 is 14.5. The summed E-state index contributed by atoms with van der Waals surface area (Å²) in [7, 11) is 0. The second kappa shape index (κ2) is 5.47. The standard InChI is InChI=1S/C13H14BrFN2S/c1-7-8(2)18-13(17-7)6-12(16)10-4-3-9(14)5-11(10)15/h3-5,12H,6,16H2,1-2H3. The molecule has 0 aliphatic carbocycles. The third kappa shape index (κ3) is 2.96. The predicted molar refractivity (Wildman–Crippen MR) is 76.3 cm³/mol. The van der Waals surface area contributed by atoms with Crippen LogP contribution in [0.25, 0.3) is 0 Å². The molecule has 2 aromatic rings. The van der Waals surface area contributed by atoms with Gasteiger partial charge < -0.3 is 5.73 Å². The van der Waals surface area contributed by atoms with Crippen molar-refractivity contribution in [3.63, 3.8) is 0 Å². The number of benzene rings is 1. The van der Waals surface area contributed by atoms with Gasteiger partial charge in [-0.1, -0.05) is 22.0 Å². The van der Waals surface area contributed by atoms with Crippen LogP contribution in [0, 0.1) is 19.7 Å². The molecule has 0 spiro atoms. The summed E-state index contributed by atoms with van der Waals surface area (Å²) in [4.78, 5) is 5.62. The molecule has 18 heavy (non-hydrogen) atoms. The second-order valence-electron chi connectivity index (χ2n) is 4.23. The summed E-state index contributed by atoms with van der Waals surface area (Å²) in [5, 5.41) is 0.958. The van der Waals surface area contributed by atoms with E-state index in [9.17, 15) is 4.39 Å². The molecule has 0 aliphatic rings. The van der Waals surface area contributed by atoms with Crippen LogP contribution >= 0.6 is 27.3 Å². The maximum absolute atomic E-state index is 13.8. The first-order chi connectivity index (χ1) is 8.47. The van der Waals surface area contributed by atoms with E-state index >= 15 is 0 Å². The minimum Gasteiger partial charge on any atom is -0.324 e. The molecule has 2 rings (SSSR count). The Balaban J connectivity index is 2.19. The van der Waals surface area contributed by atoms with Gasteiger partial charge in [0.15, 0.2) is 0 Å². The molecule has 1 heterocycles. The maximum atomic E-state index is 13.8. The van der Waals surface area contributed by atoms with Gasteiger partial charge in [0.2, 0.25) is 0 Å². The molecule has 0 saturated heterocycles. The van der Waals surface area contributed by atoms with Gasteiger partial charge in [-0.2, -0.15) is 0 Å². The Morgan fingerprint density at radius 2 is 2.17 bits per heavy atom. The number of nitrogens with two attached hydrogens (primary N) is 1. The molecule has 0 bridgehead atoms. The van der Waals surface area contributed by atoms with Crippen molar-refractivity contribution in [3.8, 4) is 0 Å². The Labute approximate surface area is 118 Å². The number of hydrogen-bond acceptors (Lipinski definition) is 3. The van der Waals surface area contributed by atoms with Gasteiger partial charge in [0.1, 0.15) is 5.82 Å². The van der Waals surface area contributed by atoms with Crippen molar-refractivity contribution in [3.05, 3.63) is 49.6 Å². The van der Waals surface area contributed by atoms with Gasteiger partial charge in [0, 0.05) is 27.4 Å². The molecular formula is C13H14BrFN2S. The van der Waals surface area contributed by atoms with E-state index < -0.39 is 0 Å². The molecule has 0 fully saturated rings. The Morgan fingerprint density at radius 1 is 1.44 bits per heavy atom. The van der Waals surface area contributed by atoms with Crippen LogP contribution in [0.4, 0.5) is 4.39 Å². The summed E-state index contributed by atoms with van der Waals surface area (Å²) in [6.45, 7) is 4.00. The van der Waals surface area contributed by atoms with Crippen molar-refractivity contribution in [2.45, 2.75) is 26.3 Å². The normalized spacial score (nSPS) is 12.7. The van der Waals surface area contributed by atoms with Gasteiger partial charge >= 0.3 is 0 Å². The molecule has 0 radical (unpaired) electrons. The molecule has 0 amide bonds. The SMILES string of the molecule is Cc1nc(CC(N)c2ccc(Br)cc2F)sc1C. The highest BCUT2D eigenvalue weighted by atomic mass is 79.9.